The van der Waals surface area contributed by atoms with Gasteiger partial charge in [-0.2, -0.15) is 5.10 Å². The molecule has 0 bridgehead atoms. The number of hydrogen-bond acceptors (Lipinski definition) is 3. The van der Waals surface area contributed by atoms with Crippen molar-refractivity contribution in [1.82, 2.24) is 15.1 Å². The van der Waals surface area contributed by atoms with Gasteiger partial charge in [-0.1, -0.05) is 60.7 Å². The van der Waals surface area contributed by atoms with Crippen LogP contribution in [0.5, 0.6) is 0 Å². The molecule has 1 unspecified atom stereocenters. The van der Waals surface area contributed by atoms with Crippen LogP contribution in [0.15, 0.2) is 89.5 Å². The minimum Gasteiger partial charge on any atom is -0.467 e. The molecule has 2 aromatic heterocycles. The number of hydrogen-bond donors (Lipinski definition) is 1. The number of nitrogens with zero attached hydrogens (tertiary/aromatic N) is 2. The fourth-order valence-corrected chi connectivity index (χ4v) is 4.02. The second kappa shape index (κ2) is 9.47. The molecule has 0 fully saturated rings. The molecule has 0 aliphatic carbocycles. The van der Waals surface area contributed by atoms with E-state index in [1.165, 1.54) is 0 Å². The van der Waals surface area contributed by atoms with Gasteiger partial charge in [0.1, 0.15) is 11.8 Å². The summed E-state index contributed by atoms with van der Waals surface area (Å²) in [6, 6.07) is 26.0. The van der Waals surface area contributed by atoms with Crippen molar-refractivity contribution in [3.05, 3.63) is 113 Å². The molecule has 2 heterocycles. The summed E-state index contributed by atoms with van der Waals surface area (Å²) in [5.41, 5.74) is 4.23. The normalized spacial score (nSPS) is 12.1. The van der Waals surface area contributed by atoms with Gasteiger partial charge in [0, 0.05) is 24.6 Å². The lowest BCUT2D eigenvalue weighted by atomic mass is 9.88. The molecule has 5 nitrogen and oxygen atoms in total. The average molecular weight is 414 g/mol. The van der Waals surface area contributed by atoms with Crippen LogP contribution < -0.4 is 5.32 Å². The Hall–Kier alpha value is -3.60. The molecular weight excluding hydrogens is 386 g/mol. The minimum absolute atomic E-state index is 0.00172. The number of aromatic nitrogens is 2. The van der Waals surface area contributed by atoms with E-state index in [1.54, 1.807) is 6.26 Å². The summed E-state index contributed by atoms with van der Waals surface area (Å²) >= 11 is 0. The van der Waals surface area contributed by atoms with E-state index >= 15 is 0 Å². The maximum Gasteiger partial charge on any atom is 0.221 e. The molecule has 4 aromatic rings. The van der Waals surface area contributed by atoms with Gasteiger partial charge in [-0.25, -0.2) is 0 Å². The first-order chi connectivity index (χ1) is 15.1. The molecule has 0 radical (unpaired) electrons. The van der Waals surface area contributed by atoms with Crippen molar-refractivity contribution in [3.8, 4) is 0 Å². The number of rotatable bonds is 8. The summed E-state index contributed by atoms with van der Waals surface area (Å²) in [6.45, 7) is 4.38. The van der Waals surface area contributed by atoms with Crippen LogP contribution in [0, 0.1) is 13.8 Å². The Morgan fingerprint density at radius 1 is 0.968 bits per heavy atom. The van der Waals surface area contributed by atoms with Crippen LogP contribution in [0.4, 0.5) is 0 Å². The van der Waals surface area contributed by atoms with Crippen molar-refractivity contribution >= 4 is 5.91 Å². The zero-order chi connectivity index (χ0) is 21.6. The molecule has 31 heavy (non-hydrogen) atoms. The standard InChI is InChI=1S/C26H27N3O2/c1-19-16-20(2)29(28-19)24(25-14-9-15-31-25)18-27-26(30)17-23(21-10-5-3-6-11-21)22-12-7-4-8-13-22/h3-16,23-24H,17-18H2,1-2H3,(H,27,30). The molecule has 1 atom stereocenters. The Balaban J connectivity index is 1.51. The van der Waals surface area contributed by atoms with E-state index < -0.39 is 0 Å². The van der Waals surface area contributed by atoms with Crippen molar-refractivity contribution < 1.29 is 9.21 Å². The summed E-state index contributed by atoms with van der Waals surface area (Å²) in [5.74, 6) is 0.767. The van der Waals surface area contributed by atoms with Crippen LogP contribution in [0.3, 0.4) is 0 Å². The molecule has 0 aliphatic rings. The Morgan fingerprint density at radius 3 is 2.13 bits per heavy atom. The first-order valence-electron chi connectivity index (χ1n) is 10.5. The average Bonchev–Trinajstić information content (AvgIpc) is 3.43. The Labute approximate surface area is 182 Å². The van der Waals surface area contributed by atoms with Crippen LogP contribution >= 0.6 is 0 Å². The third-order valence-corrected chi connectivity index (χ3v) is 5.50. The van der Waals surface area contributed by atoms with Gasteiger partial charge < -0.3 is 9.73 Å². The molecule has 4 rings (SSSR count). The van der Waals surface area contributed by atoms with E-state index in [1.807, 2.05) is 73.1 Å². The zero-order valence-corrected chi connectivity index (χ0v) is 17.9. The Bertz CT molecular complexity index is 1060. The second-order valence-electron chi connectivity index (χ2n) is 7.79. The van der Waals surface area contributed by atoms with Gasteiger partial charge >= 0.3 is 0 Å². The van der Waals surface area contributed by atoms with Crippen molar-refractivity contribution in [1.29, 1.82) is 0 Å². The number of carbonyl (C=O) groups excluding carboxylic acids is 1. The number of benzene rings is 2. The summed E-state index contributed by atoms with van der Waals surface area (Å²) in [5, 5.41) is 7.72. The first kappa shape index (κ1) is 20.7. The monoisotopic (exact) mass is 413 g/mol. The molecule has 0 spiro atoms. The van der Waals surface area contributed by atoms with Gasteiger partial charge in [0.2, 0.25) is 5.91 Å². The maximum absolute atomic E-state index is 13.0. The predicted octanol–water partition coefficient (Wildman–Crippen LogP) is 5.02. The van der Waals surface area contributed by atoms with Crippen molar-refractivity contribution in [2.24, 2.45) is 0 Å². The lowest BCUT2D eigenvalue weighted by molar-refractivity contribution is -0.121. The Morgan fingerprint density at radius 2 is 1.61 bits per heavy atom. The van der Waals surface area contributed by atoms with Gasteiger partial charge in [0.15, 0.2) is 0 Å². The van der Waals surface area contributed by atoms with E-state index in [2.05, 4.69) is 34.7 Å². The van der Waals surface area contributed by atoms with Crippen LogP contribution in [0.2, 0.25) is 0 Å². The van der Waals surface area contributed by atoms with E-state index in [-0.39, 0.29) is 17.9 Å². The first-order valence-corrected chi connectivity index (χ1v) is 10.5. The molecule has 0 aliphatic heterocycles. The molecule has 1 N–H and O–H groups in total. The second-order valence-corrected chi connectivity index (χ2v) is 7.79. The van der Waals surface area contributed by atoms with Gasteiger partial charge in [-0.05, 0) is 43.2 Å². The SMILES string of the molecule is Cc1cc(C)n(C(CNC(=O)CC(c2ccccc2)c2ccccc2)c2ccco2)n1. The lowest BCUT2D eigenvalue weighted by Crippen LogP contribution is -2.33. The van der Waals surface area contributed by atoms with E-state index in [4.69, 9.17) is 4.42 Å². The highest BCUT2D eigenvalue weighted by Gasteiger charge is 2.23. The number of amides is 1. The third-order valence-electron chi connectivity index (χ3n) is 5.50. The molecule has 0 saturated heterocycles. The van der Waals surface area contributed by atoms with Crippen molar-refractivity contribution in [3.63, 3.8) is 0 Å². The van der Waals surface area contributed by atoms with Gasteiger partial charge in [-0.3, -0.25) is 9.48 Å². The van der Waals surface area contributed by atoms with Crippen LogP contribution in [-0.4, -0.2) is 22.2 Å². The van der Waals surface area contributed by atoms with E-state index in [0.717, 1.165) is 28.3 Å². The highest BCUT2D eigenvalue weighted by molar-refractivity contribution is 5.77. The number of carbonyl (C=O) groups is 1. The molecule has 158 valence electrons. The lowest BCUT2D eigenvalue weighted by Gasteiger charge is -2.20. The fourth-order valence-electron chi connectivity index (χ4n) is 4.02. The van der Waals surface area contributed by atoms with Crippen molar-refractivity contribution in [2.45, 2.75) is 32.2 Å². The van der Waals surface area contributed by atoms with Gasteiger partial charge in [-0.15, -0.1) is 0 Å². The third kappa shape index (κ3) is 4.94. The smallest absolute Gasteiger partial charge is 0.221 e. The quantitative estimate of drug-likeness (QED) is 0.441. The summed E-state index contributed by atoms with van der Waals surface area (Å²) in [6.07, 6.45) is 2.02. The highest BCUT2D eigenvalue weighted by atomic mass is 16.3. The van der Waals surface area contributed by atoms with Crippen LogP contribution in [-0.2, 0) is 4.79 Å². The van der Waals surface area contributed by atoms with Crippen molar-refractivity contribution in [2.75, 3.05) is 6.54 Å². The summed E-state index contributed by atoms with van der Waals surface area (Å²) in [4.78, 5) is 13.0. The van der Waals surface area contributed by atoms with Crippen LogP contribution in [0.25, 0.3) is 0 Å². The number of nitrogens with one attached hydrogen (secondary N) is 1. The molecule has 5 heteroatoms. The molecular formula is C26H27N3O2. The summed E-state index contributed by atoms with van der Waals surface area (Å²) in [7, 11) is 0. The maximum atomic E-state index is 13.0. The fraction of sp³-hybridized carbons (Fsp3) is 0.231. The summed E-state index contributed by atoms with van der Waals surface area (Å²) < 4.78 is 7.57. The topological polar surface area (TPSA) is 60.1 Å². The molecule has 0 saturated carbocycles. The van der Waals surface area contributed by atoms with E-state index in [0.29, 0.717) is 13.0 Å². The minimum atomic E-state index is -0.195. The van der Waals surface area contributed by atoms with Gasteiger partial charge in [0.05, 0.1) is 12.0 Å². The molecule has 1 amide bonds. The van der Waals surface area contributed by atoms with Crippen LogP contribution in [0.1, 0.15) is 46.7 Å². The molecule has 2 aromatic carbocycles. The predicted molar refractivity (Wildman–Crippen MR) is 121 cm³/mol. The number of furan rings is 1. The largest absolute Gasteiger partial charge is 0.467 e. The highest BCUT2D eigenvalue weighted by Crippen LogP contribution is 2.28. The zero-order valence-electron chi connectivity index (χ0n) is 17.9. The van der Waals surface area contributed by atoms with E-state index in [9.17, 15) is 4.79 Å². The van der Waals surface area contributed by atoms with Gasteiger partial charge in [0.25, 0.3) is 0 Å². The number of aryl methyl sites for hydroxylation is 2. The Kier molecular flexibility index (Phi) is 6.32.